The molecular weight excluding hydrogens is 297 g/mol. The fourth-order valence-corrected chi connectivity index (χ4v) is 3.28. The lowest BCUT2D eigenvalue weighted by molar-refractivity contribution is -0.204. The van der Waals surface area contributed by atoms with E-state index in [2.05, 4.69) is 0 Å². The predicted octanol–water partition coefficient (Wildman–Crippen LogP) is 2.62. The number of likely N-dealkylation sites (tertiary alicyclic amines) is 1. The predicted molar refractivity (Wildman–Crippen MR) is 84.3 cm³/mol. The zero-order valence-corrected chi connectivity index (χ0v) is 13.8. The maximum absolute atomic E-state index is 13.2. The van der Waals surface area contributed by atoms with Crippen molar-refractivity contribution < 1.29 is 18.7 Å². The Bertz CT molecular complexity index is 557. The van der Waals surface area contributed by atoms with Gasteiger partial charge in [-0.25, -0.2) is 4.39 Å². The average Bonchev–Trinajstić information content (AvgIpc) is 2.86. The Balaban J connectivity index is 1.52. The number of nitrogens with zero attached hydrogens (tertiary/aromatic N) is 1. The van der Waals surface area contributed by atoms with E-state index in [9.17, 15) is 9.18 Å². The molecule has 1 aromatic carbocycles. The molecule has 4 nitrogen and oxygen atoms in total. The molecular formula is C18H24FNO3. The van der Waals surface area contributed by atoms with Gasteiger partial charge in [0.15, 0.2) is 5.79 Å². The zero-order chi connectivity index (χ0) is 16.4. The van der Waals surface area contributed by atoms with Gasteiger partial charge in [-0.05, 0) is 38.0 Å². The van der Waals surface area contributed by atoms with Crippen molar-refractivity contribution in [3.8, 4) is 0 Å². The van der Waals surface area contributed by atoms with Crippen LogP contribution in [0.1, 0.15) is 25.8 Å². The van der Waals surface area contributed by atoms with Gasteiger partial charge in [-0.2, -0.15) is 0 Å². The highest BCUT2D eigenvalue weighted by molar-refractivity contribution is 5.76. The Labute approximate surface area is 136 Å². The quantitative estimate of drug-likeness (QED) is 0.859. The lowest BCUT2D eigenvalue weighted by Gasteiger charge is -2.24. The van der Waals surface area contributed by atoms with Gasteiger partial charge in [-0.3, -0.25) is 4.79 Å². The molecule has 0 aromatic heterocycles. The number of hydrogen-bond acceptors (Lipinski definition) is 3. The first-order chi connectivity index (χ1) is 10.9. The molecule has 0 aliphatic carbocycles. The van der Waals surface area contributed by atoms with Gasteiger partial charge in [-0.1, -0.05) is 12.1 Å². The summed E-state index contributed by atoms with van der Waals surface area (Å²) in [5.41, 5.74) is 0.861. The summed E-state index contributed by atoms with van der Waals surface area (Å²) in [6.45, 7) is 6.57. The van der Waals surface area contributed by atoms with E-state index in [1.165, 1.54) is 12.1 Å². The van der Waals surface area contributed by atoms with Crippen LogP contribution < -0.4 is 0 Å². The highest BCUT2D eigenvalue weighted by Gasteiger charge is 2.39. The molecule has 0 N–H and O–H groups in total. The van der Waals surface area contributed by atoms with Crippen molar-refractivity contribution in [3.05, 3.63) is 35.6 Å². The molecule has 0 radical (unpaired) electrons. The number of carbonyl (C=O) groups is 1. The Kier molecular flexibility index (Phi) is 4.69. The van der Waals surface area contributed by atoms with Gasteiger partial charge < -0.3 is 14.4 Å². The molecule has 3 rings (SSSR count). The second-order valence-electron chi connectivity index (χ2n) is 6.97. The molecule has 23 heavy (non-hydrogen) atoms. The van der Waals surface area contributed by atoms with Crippen LogP contribution in [-0.4, -0.2) is 42.9 Å². The van der Waals surface area contributed by atoms with Crippen molar-refractivity contribution in [3.63, 3.8) is 0 Å². The van der Waals surface area contributed by atoms with E-state index >= 15 is 0 Å². The van der Waals surface area contributed by atoms with E-state index in [4.69, 9.17) is 9.47 Å². The molecule has 0 unspecified atom stereocenters. The number of rotatable bonds is 3. The van der Waals surface area contributed by atoms with E-state index in [1.54, 1.807) is 6.07 Å². The summed E-state index contributed by atoms with van der Waals surface area (Å²) in [6.07, 6.45) is 0.985. The lowest BCUT2D eigenvalue weighted by atomic mass is 9.98. The van der Waals surface area contributed by atoms with Crippen LogP contribution in [0.15, 0.2) is 24.3 Å². The van der Waals surface area contributed by atoms with Gasteiger partial charge in [0.1, 0.15) is 5.82 Å². The third kappa shape index (κ3) is 4.09. The number of ether oxygens (including phenoxy) is 2. The van der Waals surface area contributed by atoms with Gasteiger partial charge in [0.2, 0.25) is 5.91 Å². The number of benzene rings is 1. The Hall–Kier alpha value is -1.46. The van der Waals surface area contributed by atoms with E-state index in [1.807, 2.05) is 24.8 Å². The van der Waals surface area contributed by atoms with Crippen molar-refractivity contribution >= 4 is 5.91 Å². The normalized spacial score (nSPS) is 26.7. The summed E-state index contributed by atoms with van der Waals surface area (Å²) in [4.78, 5) is 14.3. The Morgan fingerprint density at radius 1 is 1.26 bits per heavy atom. The van der Waals surface area contributed by atoms with Crippen LogP contribution in [0.25, 0.3) is 0 Å². The Morgan fingerprint density at radius 3 is 2.52 bits per heavy atom. The minimum absolute atomic E-state index is 0.126. The minimum atomic E-state index is -0.531. The van der Waals surface area contributed by atoms with Gasteiger partial charge >= 0.3 is 0 Å². The standard InChI is InChI=1S/C18H24FNO3/c1-18(2)22-11-14-9-20(10-15(14)12-23-18)17(21)7-6-13-4-3-5-16(19)8-13/h3-5,8,14-15H,6-7,9-12H2,1-2H3/t14-,15+. The van der Waals surface area contributed by atoms with Crippen LogP contribution in [-0.2, 0) is 20.7 Å². The molecule has 2 heterocycles. The highest BCUT2D eigenvalue weighted by Crippen LogP contribution is 2.31. The smallest absolute Gasteiger partial charge is 0.222 e. The van der Waals surface area contributed by atoms with E-state index < -0.39 is 5.79 Å². The topological polar surface area (TPSA) is 38.8 Å². The monoisotopic (exact) mass is 321 g/mol. The maximum Gasteiger partial charge on any atom is 0.222 e. The molecule has 2 fully saturated rings. The SMILES string of the molecule is CC1(C)OC[C@@H]2CN(C(=O)CCc3cccc(F)c3)C[C@@H]2CO1. The molecule has 0 saturated carbocycles. The van der Waals surface area contributed by atoms with Crippen LogP contribution in [0, 0.1) is 17.7 Å². The van der Waals surface area contributed by atoms with Crippen molar-refractivity contribution in [2.45, 2.75) is 32.5 Å². The largest absolute Gasteiger partial charge is 0.350 e. The molecule has 126 valence electrons. The first-order valence-electron chi connectivity index (χ1n) is 8.23. The lowest BCUT2D eigenvalue weighted by Crippen LogP contribution is -2.32. The summed E-state index contributed by atoms with van der Waals surface area (Å²) >= 11 is 0. The number of carbonyl (C=O) groups excluding carboxylic acids is 1. The number of hydrogen-bond donors (Lipinski definition) is 0. The third-order valence-electron chi connectivity index (χ3n) is 4.74. The van der Waals surface area contributed by atoms with Gasteiger partial charge in [-0.15, -0.1) is 0 Å². The number of fused-ring (bicyclic) bond motifs is 1. The second kappa shape index (κ2) is 6.57. The number of amides is 1. The highest BCUT2D eigenvalue weighted by atomic mass is 19.1. The van der Waals surface area contributed by atoms with Crippen LogP contribution >= 0.6 is 0 Å². The fraction of sp³-hybridized carbons (Fsp3) is 0.611. The summed E-state index contributed by atoms with van der Waals surface area (Å²) in [7, 11) is 0. The fourth-order valence-electron chi connectivity index (χ4n) is 3.28. The number of halogens is 1. The van der Waals surface area contributed by atoms with Gasteiger partial charge in [0.25, 0.3) is 0 Å². The molecule has 5 heteroatoms. The maximum atomic E-state index is 13.2. The van der Waals surface area contributed by atoms with E-state index in [-0.39, 0.29) is 11.7 Å². The van der Waals surface area contributed by atoms with E-state index in [0.29, 0.717) is 37.9 Å². The number of aryl methyl sites for hydroxylation is 1. The van der Waals surface area contributed by atoms with Gasteiger partial charge in [0, 0.05) is 31.3 Å². The molecule has 1 aromatic rings. The first-order valence-corrected chi connectivity index (χ1v) is 8.23. The molecule has 1 amide bonds. The Morgan fingerprint density at radius 2 is 1.91 bits per heavy atom. The third-order valence-corrected chi connectivity index (χ3v) is 4.74. The zero-order valence-electron chi connectivity index (χ0n) is 13.8. The average molecular weight is 321 g/mol. The second-order valence-corrected chi connectivity index (χ2v) is 6.97. The van der Waals surface area contributed by atoms with Crippen molar-refractivity contribution in [2.75, 3.05) is 26.3 Å². The molecule has 2 aliphatic rings. The minimum Gasteiger partial charge on any atom is -0.350 e. The molecule has 0 spiro atoms. The summed E-state index contributed by atoms with van der Waals surface area (Å²) in [6, 6.07) is 6.44. The summed E-state index contributed by atoms with van der Waals surface area (Å²) in [5.74, 6) is 0.0259. The molecule has 2 atom stereocenters. The van der Waals surface area contributed by atoms with Crippen molar-refractivity contribution in [2.24, 2.45) is 11.8 Å². The van der Waals surface area contributed by atoms with Gasteiger partial charge in [0.05, 0.1) is 13.2 Å². The molecule has 2 aliphatic heterocycles. The van der Waals surface area contributed by atoms with Crippen LogP contribution in [0.2, 0.25) is 0 Å². The first kappa shape index (κ1) is 16.4. The van der Waals surface area contributed by atoms with Crippen molar-refractivity contribution in [1.82, 2.24) is 4.90 Å². The van der Waals surface area contributed by atoms with E-state index in [0.717, 1.165) is 18.7 Å². The van der Waals surface area contributed by atoms with Crippen molar-refractivity contribution in [1.29, 1.82) is 0 Å². The summed E-state index contributed by atoms with van der Waals surface area (Å²) in [5, 5.41) is 0. The summed E-state index contributed by atoms with van der Waals surface area (Å²) < 4.78 is 24.7. The molecule has 2 saturated heterocycles. The van der Waals surface area contributed by atoms with Crippen LogP contribution in [0.3, 0.4) is 0 Å². The van der Waals surface area contributed by atoms with Crippen LogP contribution in [0.4, 0.5) is 4.39 Å². The molecule has 0 bridgehead atoms. The van der Waals surface area contributed by atoms with Crippen LogP contribution in [0.5, 0.6) is 0 Å².